The number of nitrogens with one attached hydrogen (secondary N) is 2. The summed E-state index contributed by atoms with van der Waals surface area (Å²) in [4.78, 5) is 25.5. The first-order valence-corrected chi connectivity index (χ1v) is 5.51. The fourth-order valence-corrected chi connectivity index (χ4v) is 1.81. The Kier molecular flexibility index (Phi) is 4.04. The van der Waals surface area contributed by atoms with Gasteiger partial charge in [0, 0.05) is 0 Å². The van der Waals surface area contributed by atoms with Crippen LogP contribution in [0.3, 0.4) is 0 Å². The Labute approximate surface area is 97.8 Å². The molecule has 0 saturated heterocycles. The number of nitrogens with zero attached hydrogens (tertiary/aromatic N) is 1. The molecule has 1 aromatic rings. The fraction of sp³-hybridized carbons (Fsp3) is 0.286. The Morgan fingerprint density at radius 3 is 2.80 bits per heavy atom. The van der Waals surface area contributed by atoms with Gasteiger partial charge < -0.3 is 10.4 Å². The van der Waals surface area contributed by atoms with E-state index in [2.05, 4.69) is 31.5 Å². The Bertz CT molecular complexity index is 381. The van der Waals surface area contributed by atoms with Gasteiger partial charge in [-0.2, -0.15) is 0 Å². The molecule has 1 rings (SSSR count). The minimum Gasteiger partial charge on any atom is -0.480 e. The number of rotatable bonds is 3. The van der Waals surface area contributed by atoms with Crippen LogP contribution in [0.5, 0.6) is 0 Å². The monoisotopic (exact) mass is 293 g/mol. The van der Waals surface area contributed by atoms with E-state index in [0.29, 0.717) is 5.13 Å². The van der Waals surface area contributed by atoms with Crippen molar-refractivity contribution in [2.24, 2.45) is 0 Å². The molecule has 1 atom stereocenters. The largest absolute Gasteiger partial charge is 0.480 e. The average Bonchev–Trinajstić information content (AvgIpc) is 2.50. The highest BCUT2D eigenvalue weighted by molar-refractivity contribution is 9.11. The molecule has 82 valence electrons. The zero-order chi connectivity index (χ0) is 11.4. The van der Waals surface area contributed by atoms with Crippen LogP contribution >= 0.6 is 27.3 Å². The molecule has 1 heterocycles. The normalized spacial score (nSPS) is 11.9. The van der Waals surface area contributed by atoms with Gasteiger partial charge in [0.1, 0.15) is 6.04 Å². The number of hydrogen-bond donors (Lipinski definition) is 3. The van der Waals surface area contributed by atoms with E-state index in [4.69, 9.17) is 5.11 Å². The zero-order valence-electron chi connectivity index (χ0n) is 7.65. The molecular weight excluding hydrogens is 286 g/mol. The lowest BCUT2D eigenvalue weighted by atomic mass is 10.3. The third-order valence-electron chi connectivity index (χ3n) is 1.42. The maximum absolute atomic E-state index is 11.2. The highest BCUT2D eigenvalue weighted by atomic mass is 79.9. The molecule has 8 heteroatoms. The lowest BCUT2D eigenvalue weighted by molar-refractivity contribution is -0.138. The van der Waals surface area contributed by atoms with Gasteiger partial charge in [-0.05, 0) is 22.9 Å². The van der Waals surface area contributed by atoms with Gasteiger partial charge >= 0.3 is 12.0 Å². The second-order valence-corrected chi connectivity index (χ2v) is 5.04. The number of aliphatic carboxylic acids is 1. The van der Waals surface area contributed by atoms with Crippen LogP contribution in [0.4, 0.5) is 9.93 Å². The van der Waals surface area contributed by atoms with Crippen molar-refractivity contribution < 1.29 is 14.7 Å². The standard InChI is InChI=1S/C7H8BrN3O3S/c1-3(5(12)13)10-6(14)11-7-9-2-4(8)15-7/h2-3H,1H3,(H,12,13)(H2,9,10,11,14). The van der Waals surface area contributed by atoms with Gasteiger partial charge in [0.2, 0.25) is 0 Å². The van der Waals surface area contributed by atoms with Crippen molar-refractivity contribution in [2.45, 2.75) is 13.0 Å². The SMILES string of the molecule is CC(NC(=O)Nc1ncc(Br)s1)C(=O)O. The van der Waals surface area contributed by atoms with Crippen molar-refractivity contribution in [1.82, 2.24) is 10.3 Å². The van der Waals surface area contributed by atoms with Crippen LogP contribution in [0.1, 0.15) is 6.92 Å². The van der Waals surface area contributed by atoms with Crippen molar-refractivity contribution in [3.63, 3.8) is 0 Å². The highest BCUT2D eigenvalue weighted by Gasteiger charge is 2.14. The van der Waals surface area contributed by atoms with Crippen molar-refractivity contribution in [3.8, 4) is 0 Å². The Morgan fingerprint density at radius 1 is 1.67 bits per heavy atom. The van der Waals surface area contributed by atoms with Gasteiger partial charge in [-0.25, -0.2) is 9.78 Å². The molecule has 1 aromatic heterocycles. The van der Waals surface area contributed by atoms with Gasteiger partial charge in [0.25, 0.3) is 0 Å². The van der Waals surface area contributed by atoms with E-state index in [9.17, 15) is 9.59 Å². The fourth-order valence-electron chi connectivity index (χ4n) is 0.704. The van der Waals surface area contributed by atoms with Crippen LogP contribution in [-0.4, -0.2) is 28.1 Å². The summed E-state index contributed by atoms with van der Waals surface area (Å²) in [5.74, 6) is -1.09. The topological polar surface area (TPSA) is 91.3 Å². The number of anilines is 1. The molecule has 6 nitrogen and oxygen atoms in total. The summed E-state index contributed by atoms with van der Waals surface area (Å²) >= 11 is 4.42. The molecule has 0 fully saturated rings. The van der Waals surface area contributed by atoms with E-state index in [0.717, 1.165) is 3.79 Å². The van der Waals surface area contributed by atoms with E-state index < -0.39 is 18.0 Å². The predicted molar refractivity (Wildman–Crippen MR) is 59.1 cm³/mol. The summed E-state index contributed by atoms with van der Waals surface area (Å²) in [6.07, 6.45) is 1.54. The maximum atomic E-state index is 11.2. The van der Waals surface area contributed by atoms with Gasteiger partial charge in [-0.3, -0.25) is 10.1 Å². The van der Waals surface area contributed by atoms with Crippen LogP contribution in [0.15, 0.2) is 9.98 Å². The molecule has 0 aliphatic rings. The van der Waals surface area contributed by atoms with Crippen molar-refractivity contribution in [2.75, 3.05) is 5.32 Å². The molecule has 15 heavy (non-hydrogen) atoms. The van der Waals surface area contributed by atoms with E-state index in [1.807, 2.05) is 0 Å². The minimum atomic E-state index is -1.09. The number of thiazole rings is 1. The van der Waals surface area contributed by atoms with E-state index >= 15 is 0 Å². The zero-order valence-corrected chi connectivity index (χ0v) is 10.1. The quantitative estimate of drug-likeness (QED) is 0.788. The summed E-state index contributed by atoms with van der Waals surface area (Å²) in [6, 6.07) is -1.53. The lowest BCUT2D eigenvalue weighted by Gasteiger charge is -2.08. The average molecular weight is 294 g/mol. The molecule has 0 radical (unpaired) electrons. The Hall–Kier alpha value is -1.15. The van der Waals surface area contributed by atoms with Crippen LogP contribution in [0.2, 0.25) is 0 Å². The van der Waals surface area contributed by atoms with E-state index in [1.54, 1.807) is 6.20 Å². The number of carboxylic acid groups (broad SMARTS) is 1. The molecular formula is C7H8BrN3O3S. The number of carboxylic acids is 1. The molecule has 0 spiro atoms. The van der Waals surface area contributed by atoms with Gasteiger partial charge in [-0.15, -0.1) is 0 Å². The van der Waals surface area contributed by atoms with Crippen molar-refractivity contribution in [1.29, 1.82) is 0 Å². The molecule has 0 bridgehead atoms. The van der Waals surface area contributed by atoms with Crippen LogP contribution < -0.4 is 10.6 Å². The summed E-state index contributed by atoms with van der Waals surface area (Å²) in [5.41, 5.74) is 0. The van der Waals surface area contributed by atoms with E-state index in [-0.39, 0.29) is 0 Å². The minimum absolute atomic E-state index is 0.400. The van der Waals surface area contributed by atoms with Crippen LogP contribution in [0, 0.1) is 0 Å². The highest BCUT2D eigenvalue weighted by Crippen LogP contribution is 2.22. The third kappa shape index (κ3) is 3.84. The van der Waals surface area contributed by atoms with Gasteiger partial charge in [0.05, 0.1) is 9.98 Å². The number of aromatic nitrogens is 1. The lowest BCUT2D eigenvalue weighted by Crippen LogP contribution is -2.40. The van der Waals surface area contributed by atoms with Crippen LogP contribution in [-0.2, 0) is 4.79 Å². The molecule has 0 aromatic carbocycles. The van der Waals surface area contributed by atoms with Crippen LogP contribution in [0.25, 0.3) is 0 Å². The number of halogens is 1. The maximum Gasteiger partial charge on any atom is 0.325 e. The smallest absolute Gasteiger partial charge is 0.325 e. The van der Waals surface area contributed by atoms with E-state index in [1.165, 1.54) is 18.3 Å². The number of amides is 2. The first-order chi connectivity index (χ1) is 6.99. The molecule has 3 N–H and O–H groups in total. The number of urea groups is 1. The first-order valence-electron chi connectivity index (χ1n) is 3.90. The molecule has 0 aliphatic heterocycles. The molecule has 0 aliphatic carbocycles. The van der Waals surface area contributed by atoms with Crippen molar-refractivity contribution >= 4 is 44.4 Å². The second kappa shape index (κ2) is 5.08. The number of hydrogen-bond acceptors (Lipinski definition) is 4. The predicted octanol–water partition coefficient (Wildman–Crippen LogP) is 1.50. The number of carbonyl (C=O) groups is 2. The Balaban J connectivity index is 2.46. The van der Waals surface area contributed by atoms with Gasteiger partial charge in [0.15, 0.2) is 5.13 Å². The summed E-state index contributed by atoms with van der Waals surface area (Å²) < 4.78 is 0.782. The third-order valence-corrected chi connectivity index (χ3v) is 2.81. The number of carbonyl (C=O) groups excluding carboxylic acids is 1. The van der Waals surface area contributed by atoms with Crippen molar-refractivity contribution in [3.05, 3.63) is 9.98 Å². The van der Waals surface area contributed by atoms with Gasteiger partial charge in [-0.1, -0.05) is 11.3 Å². The second-order valence-electron chi connectivity index (χ2n) is 2.63. The molecule has 0 saturated carbocycles. The summed E-state index contributed by atoms with van der Waals surface area (Å²) in [7, 11) is 0. The molecule has 1 unspecified atom stereocenters. The molecule has 2 amide bonds. The Morgan fingerprint density at radius 2 is 2.33 bits per heavy atom. The summed E-state index contributed by atoms with van der Waals surface area (Å²) in [5, 5.41) is 13.6. The summed E-state index contributed by atoms with van der Waals surface area (Å²) in [6.45, 7) is 1.37. The first kappa shape index (κ1) is 11.9.